The van der Waals surface area contributed by atoms with Crippen molar-refractivity contribution < 1.29 is 9.84 Å². The molecule has 0 amide bonds. The minimum Gasteiger partial charge on any atom is -0.507 e. The summed E-state index contributed by atoms with van der Waals surface area (Å²) in [5.74, 6) is 0.519. The molecule has 0 aliphatic heterocycles. The molecule has 2 aromatic carbocycles. The number of aromatic amines is 1. The highest BCUT2D eigenvalue weighted by atomic mass is 35.5. The summed E-state index contributed by atoms with van der Waals surface area (Å²) in [5, 5.41) is 10.8. The summed E-state index contributed by atoms with van der Waals surface area (Å²) in [4.78, 5) is 19.1. The lowest BCUT2D eigenvalue weighted by atomic mass is 10.1. The Labute approximate surface area is 124 Å². The average Bonchev–Trinajstić information content (AvgIpc) is 2.46. The molecule has 0 saturated heterocycles. The third kappa shape index (κ3) is 2.32. The van der Waals surface area contributed by atoms with Gasteiger partial charge in [-0.3, -0.25) is 4.79 Å². The van der Waals surface area contributed by atoms with E-state index in [1.54, 1.807) is 30.3 Å². The van der Waals surface area contributed by atoms with Gasteiger partial charge in [0.05, 0.1) is 28.6 Å². The molecule has 0 saturated carbocycles. The Morgan fingerprint density at radius 2 is 2.05 bits per heavy atom. The average molecular weight is 303 g/mol. The Kier molecular flexibility index (Phi) is 3.27. The lowest BCUT2D eigenvalue weighted by Crippen LogP contribution is -2.09. The third-order valence-corrected chi connectivity index (χ3v) is 3.43. The van der Waals surface area contributed by atoms with Crippen LogP contribution in [0.25, 0.3) is 22.3 Å². The van der Waals surface area contributed by atoms with Crippen molar-refractivity contribution in [2.75, 3.05) is 7.11 Å². The van der Waals surface area contributed by atoms with Crippen molar-refractivity contribution in [1.82, 2.24) is 9.97 Å². The first-order valence-corrected chi connectivity index (χ1v) is 6.54. The van der Waals surface area contributed by atoms with E-state index in [1.165, 1.54) is 13.2 Å². The summed E-state index contributed by atoms with van der Waals surface area (Å²) >= 11 is 6.15. The van der Waals surface area contributed by atoms with Crippen LogP contribution in [0.4, 0.5) is 0 Å². The van der Waals surface area contributed by atoms with E-state index in [-0.39, 0.29) is 27.7 Å². The Balaban J connectivity index is 2.28. The second-order valence-corrected chi connectivity index (χ2v) is 4.84. The summed E-state index contributed by atoms with van der Waals surface area (Å²) in [6.07, 6.45) is 0. The SMILES string of the molecule is COc1cc(O)c(-c2nc3ccccc3c(=O)[nH]2)c(Cl)c1. The monoisotopic (exact) mass is 302 g/mol. The summed E-state index contributed by atoms with van der Waals surface area (Å²) in [7, 11) is 1.47. The zero-order chi connectivity index (χ0) is 15.0. The van der Waals surface area contributed by atoms with Gasteiger partial charge in [0.15, 0.2) is 0 Å². The molecule has 0 fully saturated rings. The number of H-pyrrole nitrogens is 1. The Hall–Kier alpha value is -2.53. The number of hydrogen-bond donors (Lipinski definition) is 2. The van der Waals surface area contributed by atoms with Crippen molar-refractivity contribution in [3.63, 3.8) is 0 Å². The number of methoxy groups -OCH3 is 1. The van der Waals surface area contributed by atoms with Gasteiger partial charge in [0.25, 0.3) is 5.56 Å². The standard InChI is InChI=1S/C15H11ClN2O3/c1-21-8-6-10(16)13(12(19)7-8)14-17-11-5-3-2-4-9(11)15(20)18-14/h2-7,19H,1H3,(H,17,18,20). The van der Waals surface area contributed by atoms with Gasteiger partial charge in [-0.1, -0.05) is 23.7 Å². The Bertz CT molecular complexity index is 866. The first-order valence-electron chi connectivity index (χ1n) is 6.16. The predicted molar refractivity (Wildman–Crippen MR) is 81.0 cm³/mol. The summed E-state index contributed by atoms with van der Waals surface area (Å²) in [6.45, 7) is 0. The van der Waals surface area contributed by atoms with Crippen LogP contribution in [0.2, 0.25) is 5.02 Å². The highest BCUT2D eigenvalue weighted by Gasteiger charge is 2.15. The van der Waals surface area contributed by atoms with Crippen LogP contribution in [0.15, 0.2) is 41.2 Å². The van der Waals surface area contributed by atoms with Crippen LogP contribution in [-0.2, 0) is 0 Å². The minimum absolute atomic E-state index is 0.113. The molecular formula is C15H11ClN2O3. The van der Waals surface area contributed by atoms with Crippen molar-refractivity contribution >= 4 is 22.5 Å². The van der Waals surface area contributed by atoms with Crippen molar-refractivity contribution in [3.05, 3.63) is 51.8 Å². The number of nitrogens with zero attached hydrogens (tertiary/aromatic N) is 1. The van der Waals surface area contributed by atoms with Crippen molar-refractivity contribution in [2.24, 2.45) is 0 Å². The minimum atomic E-state index is -0.290. The van der Waals surface area contributed by atoms with E-state index >= 15 is 0 Å². The number of fused-ring (bicyclic) bond motifs is 1. The second-order valence-electron chi connectivity index (χ2n) is 4.44. The van der Waals surface area contributed by atoms with Crippen LogP contribution in [0.1, 0.15) is 0 Å². The molecule has 6 heteroatoms. The second kappa shape index (κ2) is 5.10. The number of phenols is 1. The summed E-state index contributed by atoms with van der Waals surface area (Å²) in [5.41, 5.74) is 0.504. The molecule has 21 heavy (non-hydrogen) atoms. The van der Waals surface area contributed by atoms with Gasteiger partial charge in [-0.15, -0.1) is 0 Å². The zero-order valence-electron chi connectivity index (χ0n) is 11.1. The normalized spacial score (nSPS) is 10.8. The van der Waals surface area contributed by atoms with Gasteiger partial charge in [-0.25, -0.2) is 4.98 Å². The quantitative estimate of drug-likeness (QED) is 0.763. The predicted octanol–water partition coefficient (Wildman–Crippen LogP) is 2.96. The maximum Gasteiger partial charge on any atom is 0.259 e. The molecule has 0 radical (unpaired) electrons. The number of rotatable bonds is 2. The lowest BCUT2D eigenvalue weighted by molar-refractivity contribution is 0.408. The first-order chi connectivity index (χ1) is 10.1. The fourth-order valence-corrected chi connectivity index (χ4v) is 2.42. The van der Waals surface area contributed by atoms with E-state index in [4.69, 9.17) is 16.3 Å². The molecule has 0 aliphatic rings. The summed E-state index contributed by atoms with van der Waals surface area (Å²) in [6, 6.07) is 9.91. The number of benzene rings is 2. The van der Waals surface area contributed by atoms with Crippen molar-refractivity contribution in [3.8, 4) is 22.9 Å². The highest BCUT2D eigenvalue weighted by Crippen LogP contribution is 2.37. The highest BCUT2D eigenvalue weighted by molar-refractivity contribution is 6.33. The van der Waals surface area contributed by atoms with Gasteiger partial charge in [-0.05, 0) is 18.2 Å². The van der Waals surface area contributed by atoms with E-state index in [0.29, 0.717) is 16.7 Å². The van der Waals surface area contributed by atoms with Gasteiger partial charge < -0.3 is 14.8 Å². The molecule has 106 valence electrons. The number of para-hydroxylation sites is 1. The van der Waals surface area contributed by atoms with E-state index in [1.807, 2.05) is 0 Å². The number of ether oxygens (including phenoxy) is 1. The molecule has 2 N–H and O–H groups in total. The maximum atomic E-state index is 12.1. The third-order valence-electron chi connectivity index (χ3n) is 3.13. The maximum absolute atomic E-state index is 12.1. The van der Waals surface area contributed by atoms with Gasteiger partial charge in [-0.2, -0.15) is 0 Å². The van der Waals surface area contributed by atoms with Gasteiger partial charge >= 0.3 is 0 Å². The topological polar surface area (TPSA) is 75.2 Å². The Morgan fingerprint density at radius 1 is 1.29 bits per heavy atom. The molecule has 1 aromatic heterocycles. The molecule has 3 aromatic rings. The van der Waals surface area contributed by atoms with Crippen LogP contribution >= 0.6 is 11.6 Å². The van der Waals surface area contributed by atoms with Crippen molar-refractivity contribution in [2.45, 2.75) is 0 Å². The molecule has 0 aliphatic carbocycles. The molecule has 0 bridgehead atoms. The number of halogens is 1. The molecule has 1 heterocycles. The van der Waals surface area contributed by atoms with E-state index in [2.05, 4.69) is 9.97 Å². The number of aromatic nitrogens is 2. The van der Waals surface area contributed by atoms with E-state index < -0.39 is 0 Å². The fraction of sp³-hybridized carbons (Fsp3) is 0.0667. The van der Waals surface area contributed by atoms with Crippen LogP contribution in [-0.4, -0.2) is 22.2 Å². The number of aromatic hydroxyl groups is 1. The number of hydrogen-bond acceptors (Lipinski definition) is 4. The number of nitrogens with one attached hydrogen (secondary N) is 1. The lowest BCUT2D eigenvalue weighted by Gasteiger charge is -2.09. The molecule has 0 atom stereocenters. The van der Waals surface area contributed by atoms with Crippen molar-refractivity contribution in [1.29, 1.82) is 0 Å². The van der Waals surface area contributed by atoms with Gasteiger partial charge in [0.2, 0.25) is 0 Å². The van der Waals surface area contributed by atoms with Crippen LogP contribution < -0.4 is 10.3 Å². The Morgan fingerprint density at radius 3 is 2.76 bits per heavy atom. The van der Waals surface area contributed by atoms with E-state index in [0.717, 1.165) is 0 Å². The largest absolute Gasteiger partial charge is 0.507 e. The zero-order valence-corrected chi connectivity index (χ0v) is 11.8. The molecule has 0 spiro atoms. The molecule has 3 rings (SSSR count). The smallest absolute Gasteiger partial charge is 0.259 e. The molecular weight excluding hydrogens is 292 g/mol. The molecule has 0 unspecified atom stereocenters. The first kappa shape index (κ1) is 13.5. The van der Waals surface area contributed by atoms with Crippen LogP contribution in [0.5, 0.6) is 11.5 Å². The van der Waals surface area contributed by atoms with Gasteiger partial charge in [0, 0.05) is 6.07 Å². The fourth-order valence-electron chi connectivity index (χ4n) is 2.13. The summed E-state index contributed by atoms with van der Waals surface area (Å²) < 4.78 is 5.02. The number of phenolic OH excluding ortho intramolecular Hbond substituents is 1. The molecule has 5 nitrogen and oxygen atoms in total. The van der Waals surface area contributed by atoms with Crippen LogP contribution in [0.3, 0.4) is 0 Å². The van der Waals surface area contributed by atoms with Gasteiger partial charge in [0.1, 0.15) is 17.3 Å². The van der Waals surface area contributed by atoms with Crippen LogP contribution in [0, 0.1) is 0 Å². The van der Waals surface area contributed by atoms with E-state index in [9.17, 15) is 9.90 Å².